The van der Waals surface area contributed by atoms with Crippen molar-refractivity contribution in [2.45, 2.75) is 20.3 Å². The molecule has 1 rings (SSSR count). The Labute approximate surface area is 89.9 Å². The van der Waals surface area contributed by atoms with Crippen LogP contribution in [0.2, 0.25) is 0 Å². The van der Waals surface area contributed by atoms with Gasteiger partial charge in [-0.05, 0) is 25.5 Å². The van der Waals surface area contributed by atoms with Crippen molar-refractivity contribution >= 4 is 5.82 Å². The van der Waals surface area contributed by atoms with E-state index in [2.05, 4.69) is 16.4 Å². The molecule has 0 spiro atoms. The second-order valence-corrected chi connectivity index (χ2v) is 3.04. The van der Waals surface area contributed by atoms with E-state index in [1.54, 1.807) is 12.1 Å². The number of aromatic nitrogens is 1. The first-order chi connectivity index (χ1) is 7.31. The molecule has 0 saturated carbocycles. The molecule has 0 fully saturated rings. The number of hydrogen-bond donors (Lipinski definition) is 1. The van der Waals surface area contributed by atoms with Gasteiger partial charge in [-0.15, -0.1) is 0 Å². The minimum absolute atomic E-state index is 0.415. The molecule has 0 aromatic carbocycles. The summed E-state index contributed by atoms with van der Waals surface area (Å²) in [5.74, 6) is 1.15. The van der Waals surface area contributed by atoms with Gasteiger partial charge < -0.3 is 10.1 Å². The zero-order valence-electron chi connectivity index (χ0n) is 9.08. The third-order valence-corrected chi connectivity index (χ3v) is 1.78. The van der Waals surface area contributed by atoms with E-state index < -0.39 is 0 Å². The highest BCUT2D eigenvalue weighted by atomic mass is 16.5. The van der Waals surface area contributed by atoms with Gasteiger partial charge in [-0.2, -0.15) is 10.2 Å². The van der Waals surface area contributed by atoms with Crippen molar-refractivity contribution in [2.75, 3.05) is 18.5 Å². The van der Waals surface area contributed by atoms with Crippen LogP contribution < -0.4 is 10.1 Å². The molecule has 0 aliphatic rings. The lowest BCUT2D eigenvalue weighted by atomic mass is 10.3. The monoisotopic (exact) mass is 205 g/mol. The molecule has 80 valence electrons. The van der Waals surface area contributed by atoms with Crippen molar-refractivity contribution in [1.82, 2.24) is 4.98 Å². The lowest BCUT2D eigenvalue weighted by molar-refractivity contribution is 0.305. The zero-order valence-corrected chi connectivity index (χ0v) is 9.08. The SMILES string of the molecule is CCCOc1nc(NCC)ccc1C#N. The number of rotatable bonds is 5. The Morgan fingerprint density at radius 2 is 2.27 bits per heavy atom. The van der Waals surface area contributed by atoms with E-state index in [0.29, 0.717) is 18.1 Å². The molecule has 15 heavy (non-hydrogen) atoms. The summed E-state index contributed by atoms with van der Waals surface area (Å²) >= 11 is 0. The molecular weight excluding hydrogens is 190 g/mol. The van der Waals surface area contributed by atoms with Gasteiger partial charge in [-0.3, -0.25) is 0 Å². The average Bonchev–Trinajstić information content (AvgIpc) is 2.27. The van der Waals surface area contributed by atoms with Crippen molar-refractivity contribution in [3.8, 4) is 11.9 Å². The van der Waals surface area contributed by atoms with Crippen LogP contribution in [0.25, 0.3) is 0 Å². The topological polar surface area (TPSA) is 57.9 Å². The van der Waals surface area contributed by atoms with Crippen LogP contribution in [0.3, 0.4) is 0 Å². The first kappa shape index (κ1) is 11.3. The molecular formula is C11H15N3O. The maximum absolute atomic E-state index is 8.85. The van der Waals surface area contributed by atoms with E-state index in [4.69, 9.17) is 10.00 Å². The lowest BCUT2D eigenvalue weighted by Gasteiger charge is -2.08. The van der Waals surface area contributed by atoms with Crippen LogP contribution in [0.4, 0.5) is 5.82 Å². The fourth-order valence-corrected chi connectivity index (χ4v) is 1.11. The van der Waals surface area contributed by atoms with Crippen LogP contribution in [0.1, 0.15) is 25.8 Å². The highest BCUT2D eigenvalue weighted by molar-refractivity contribution is 5.46. The summed E-state index contributed by atoms with van der Waals surface area (Å²) in [5.41, 5.74) is 0.477. The Morgan fingerprint density at radius 1 is 1.47 bits per heavy atom. The summed E-state index contributed by atoms with van der Waals surface area (Å²) in [6.07, 6.45) is 0.901. The third-order valence-electron chi connectivity index (χ3n) is 1.78. The minimum Gasteiger partial charge on any atom is -0.477 e. The second-order valence-electron chi connectivity index (χ2n) is 3.04. The van der Waals surface area contributed by atoms with Crippen LogP contribution in [-0.2, 0) is 0 Å². The largest absolute Gasteiger partial charge is 0.477 e. The van der Waals surface area contributed by atoms with Gasteiger partial charge in [0.15, 0.2) is 0 Å². The summed E-state index contributed by atoms with van der Waals surface area (Å²) in [6, 6.07) is 5.56. The maximum Gasteiger partial charge on any atom is 0.233 e. The molecule has 4 nitrogen and oxygen atoms in total. The number of pyridine rings is 1. The second kappa shape index (κ2) is 5.86. The standard InChI is InChI=1S/C11H15N3O/c1-3-7-15-11-9(8-12)5-6-10(14-11)13-4-2/h5-6H,3-4,7H2,1-2H3,(H,13,14). The van der Waals surface area contributed by atoms with E-state index in [9.17, 15) is 0 Å². The maximum atomic E-state index is 8.85. The number of anilines is 1. The molecule has 0 atom stereocenters. The van der Waals surface area contributed by atoms with Gasteiger partial charge in [0, 0.05) is 6.54 Å². The van der Waals surface area contributed by atoms with Gasteiger partial charge in [0.2, 0.25) is 5.88 Å². The fraction of sp³-hybridized carbons (Fsp3) is 0.455. The van der Waals surface area contributed by atoms with Gasteiger partial charge in [-0.1, -0.05) is 6.92 Å². The molecule has 0 saturated heterocycles. The Hall–Kier alpha value is -1.76. The highest BCUT2D eigenvalue weighted by Gasteiger charge is 2.05. The van der Waals surface area contributed by atoms with Gasteiger partial charge in [0.25, 0.3) is 0 Å². The predicted octanol–water partition coefficient (Wildman–Crippen LogP) is 2.17. The van der Waals surface area contributed by atoms with Crippen LogP contribution in [-0.4, -0.2) is 18.1 Å². The molecule has 0 aliphatic carbocycles. The summed E-state index contributed by atoms with van der Waals surface area (Å²) in [6.45, 7) is 5.38. The fourth-order valence-electron chi connectivity index (χ4n) is 1.11. The first-order valence-corrected chi connectivity index (χ1v) is 5.09. The van der Waals surface area contributed by atoms with Gasteiger partial charge in [-0.25, -0.2) is 0 Å². The van der Waals surface area contributed by atoms with Crippen molar-refractivity contribution < 1.29 is 4.74 Å². The number of nitriles is 1. The van der Waals surface area contributed by atoms with Gasteiger partial charge >= 0.3 is 0 Å². The number of hydrogen-bond acceptors (Lipinski definition) is 4. The van der Waals surface area contributed by atoms with E-state index in [-0.39, 0.29) is 0 Å². The Morgan fingerprint density at radius 3 is 2.87 bits per heavy atom. The van der Waals surface area contributed by atoms with Crippen LogP contribution >= 0.6 is 0 Å². The first-order valence-electron chi connectivity index (χ1n) is 5.09. The Balaban J connectivity index is 2.87. The summed E-state index contributed by atoms with van der Waals surface area (Å²) in [5, 5.41) is 11.9. The van der Waals surface area contributed by atoms with Crippen LogP contribution in [0.15, 0.2) is 12.1 Å². The van der Waals surface area contributed by atoms with Gasteiger partial charge in [0.1, 0.15) is 17.5 Å². The van der Waals surface area contributed by atoms with E-state index in [1.165, 1.54) is 0 Å². The normalized spacial score (nSPS) is 9.40. The molecule has 0 radical (unpaired) electrons. The molecule has 1 aromatic rings. The molecule has 1 heterocycles. The van der Waals surface area contributed by atoms with Crippen LogP contribution in [0, 0.1) is 11.3 Å². The third kappa shape index (κ3) is 3.13. The van der Waals surface area contributed by atoms with Crippen molar-refractivity contribution in [3.63, 3.8) is 0 Å². The van der Waals surface area contributed by atoms with Crippen molar-refractivity contribution in [2.24, 2.45) is 0 Å². The zero-order chi connectivity index (χ0) is 11.1. The Bertz CT molecular complexity index is 357. The summed E-state index contributed by atoms with van der Waals surface area (Å²) < 4.78 is 5.39. The smallest absolute Gasteiger partial charge is 0.233 e. The van der Waals surface area contributed by atoms with Gasteiger partial charge in [0.05, 0.1) is 6.61 Å². The molecule has 1 aromatic heterocycles. The summed E-state index contributed by atoms with van der Waals surface area (Å²) in [4.78, 5) is 4.21. The van der Waals surface area contributed by atoms with Crippen LogP contribution in [0.5, 0.6) is 5.88 Å². The molecule has 0 amide bonds. The quantitative estimate of drug-likeness (QED) is 0.800. The predicted molar refractivity (Wildman–Crippen MR) is 58.9 cm³/mol. The van der Waals surface area contributed by atoms with E-state index in [1.807, 2.05) is 13.8 Å². The number of nitrogens with zero attached hydrogens (tertiary/aromatic N) is 2. The average molecular weight is 205 g/mol. The highest BCUT2D eigenvalue weighted by Crippen LogP contribution is 2.17. The summed E-state index contributed by atoms with van der Waals surface area (Å²) in [7, 11) is 0. The molecule has 1 N–H and O–H groups in total. The Kier molecular flexibility index (Phi) is 4.42. The molecule has 4 heteroatoms. The van der Waals surface area contributed by atoms with Crippen molar-refractivity contribution in [3.05, 3.63) is 17.7 Å². The lowest BCUT2D eigenvalue weighted by Crippen LogP contribution is -2.04. The number of nitrogens with one attached hydrogen (secondary N) is 1. The minimum atomic E-state index is 0.415. The number of ether oxygens (including phenoxy) is 1. The van der Waals surface area contributed by atoms with Crippen molar-refractivity contribution in [1.29, 1.82) is 5.26 Å². The molecule has 0 bridgehead atoms. The van der Waals surface area contributed by atoms with E-state index >= 15 is 0 Å². The molecule has 0 unspecified atom stereocenters. The van der Waals surface area contributed by atoms with E-state index in [0.717, 1.165) is 18.8 Å². The molecule has 0 aliphatic heterocycles.